The van der Waals surface area contributed by atoms with Gasteiger partial charge in [-0.2, -0.15) is 0 Å². The summed E-state index contributed by atoms with van der Waals surface area (Å²) in [6.45, 7) is 3.56. The van der Waals surface area contributed by atoms with Crippen LogP contribution in [0.25, 0.3) is 10.9 Å². The van der Waals surface area contributed by atoms with Crippen LogP contribution in [-0.4, -0.2) is 41.4 Å². The van der Waals surface area contributed by atoms with Crippen LogP contribution in [-0.2, 0) is 6.54 Å². The molecule has 0 aliphatic carbocycles. The van der Waals surface area contributed by atoms with Crippen LogP contribution in [0.1, 0.15) is 19.3 Å². The molecular weight excluding hydrogens is 278 g/mol. The van der Waals surface area contributed by atoms with Crippen LogP contribution in [0.15, 0.2) is 29.3 Å². The quantitative estimate of drug-likeness (QED) is 0.914. The number of thioether (sulfide) groups is 1. The Morgan fingerprint density at radius 3 is 2.86 bits per heavy atom. The standard InChI is InChI=1S/C17H23N3S/c1-19-9-5-13(6-10-19)18-15-3-4-16-17-14(15)7-11-20(17)8-2-12-21-16/h3-4,7,11,13,18H,2,5-6,8-10,12H2,1H3. The maximum atomic E-state index is 3.80. The second kappa shape index (κ2) is 5.58. The van der Waals surface area contributed by atoms with Crippen LogP contribution in [0.2, 0.25) is 0 Å². The van der Waals surface area contributed by atoms with Gasteiger partial charge in [0.25, 0.3) is 0 Å². The van der Waals surface area contributed by atoms with E-state index in [1.54, 1.807) is 0 Å². The topological polar surface area (TPSA) is 20.2 Å². The van der Waals surface area contributed by atoms with E-state index in [1.807, 2.05) is 11.8 Å². The molecule has 1 aromatic heterocycles. The molecule has 4 heteroatoms. The minimum Gasteiger partial charge on any atom is -0.382 e. The average molecular weight is 301 g/mol. The van der Waals surface area contributed by atoms with Gasteiger partial charge in [-0.1, -0.05) is 0 Å². The molecule has 4 rings (SSSR count). The Hall–Kier alpha value is -1.13. The van der Waals surface area contributed by atoms with Gasteiger partial charge < -0.3 is 14.8 Å². The van der Waals surface area contributed by atoms with Gasteiger partial charge in [0.1, 0.15) is 0 Å². The molecule has 1 fully saturated rings. The number of piperidine rings is 1. The minimum atomic E-state index is 0.622. The van der Waals surface area contributed by atoms with E-state index >= 15 is 0 Å². The molecule has 0 spiro atoms. The lowest BCUT2D eigenvalue weighted by Crippen LogP contribution is -2.36. The summed E-state index contributed by atoms with van der Waals surface area (Å²) < 4.78 is 2.44. The van der Waals surface area contributed by atoms with Crippen molar-refractivity contribution in [1.29, 1.82) is 0 Å². The van der Waals surface area contributed by atoms with Crippen molar-refractivity contribution in [2.75, 3.05) is 31.2 Å². The van der Waals surface area contributed by atoms with Crippen LogP contribution in [0.4, 0.5) is 5.69 Å². The summed E-state index contributed by atoms with van der Waals surface area (Å²) in [6, 6.07) is 7.52. The zero-order valence-electron chi connectivity index (χ0n) is 12.6. The van der Waals surface area contributed by atoms with E-state index in [-0.39, 0.29) is 0 Å². The summed E-state index contributed by atoms with van der Waals surface area (Å²) in [5.74, 6) is 1.23. The highest BCUT2D eigenvalue weighted by molar-refractivity contribution is 7.99. The third-order valence-corrected chi connectivity index (χ3v) is 5.90. The molecule has 0 bridgehead atoms. The summed E-state index contributed by atoms with van der Waals surface area (Å²) >= 11 is 2.01. The van der Waals surface area contributed by atoms with Gasteiger partial charge in [-0.15, -0.1) is 11.8 Å². The van der Waals surface area contributed by atoms with Crippen LogP contribution < -0.4 is 5.32 Å². The fourth-order valence-corrected chi connectivity index (χ4v) is 4.53. The van der Waals surface area contributed by atoms with Crippen molar-refractivity contribution in [2.45, 2.75) is 36.7 Å². The molecule has 1 saturated heterocycles. The van der Waals surface area contributed by atoms with Crippen molar-refractivity contribution in [3.63, 3.8) is 0 Å². The highest BCUT2D eigenvalue weighted by Gasteiger charge is 2.19. The Labute approximate surface area is 130 Å². The van der Waals surface area contributed by atoms with Crippen molar-refractivity contribution >= 4 is 28.4 Å². The number of nitrogens with zero attached hydrogens (tertiary/aromatic N) is 2. The summed E-state index contributed by atoms with van der Waals surface area (Å²) in [5.41, 5.74) is 2.76. The lowest BCUT2D eigenvalue weighted by molar-refractivity contribution is 0.264. The Kier molecular flexibility index (Phi) is 3.59. The zero-order chi connectivity index (χ0) is 14.2. The number of rotatable bonds is 2. The summed E-state index contributed by atoms with van der Waals surface area (Å²) in [7, 11) is 2.22. The molecule has 0 unspecified atom stereocenters. The fraction of sp³-hybridized carbons (Fsp3) is 0.529. The van der Waals surface area contributed by atoms with Gasteiger partial charge in [0.15, 0.2) is 0 Å². The molecule has 0 atom stereocenters. The second-order valence-electron chi connectivity index (χ2n) is 6.31. The van der Waals surface area contributed by atoms with Crippen LogP contribution in [0.5, 0.6) is 0 Å². The minimum absolute atomic E-state index is 0.622. The Morgan fingerprint density at radius 2 is 2.00 bits per heavy atom. The first-order valence-corrected chi connectivity index (χ1v) is 8.99. The van der Waals surface area contributed by atoms with Crippen LogP contribution >= 0.6 is 11.8 Å². The molecule has 0 radical (unpaired) electrons. The van der Waals surface area contributed by atoms with E-state index in [2.05, 4.69) is 46.2 Å². The van der Waals surface area contributed by atoms with E-state index in [4.69, 9.17) is 0 Å². The molecule has 3 nitrogen and oxygen atoms in total. The van der Waals surface area contributed by atoms with Gasteiger partial charge in [-0.25, -0.2) is 0 Å². The number of nitrogens with one attached hydrogen (secondary N) is 1. The third kappa shape index (κ3) is 2.55. The first-order chi connectivity index (χ1) is 10.3. The second-order valence-corrected chi connectivity index (χ2v) is 7.44. The summed E-state index contributed by atoms with van der Waals surface area (Å²) in [4.78, 5) is 3.87. The zero-order valence-corrected chi connectivity index (χ0v) is 13.5. The third-order valence-electron chi connectivity index (χ3n) is 4.77. The molecule has 112 valence electrons. The van der Waals surface area contributed by atoms with Gasteiger partial charge in [0, 0.05) is 34.8 Å². The number of hydrogen-bond acceptors (Lipinski definition) is 3. The van der Waals surface area contributed by atoms with Crippen molar-refractivity contribution in [1.82, 2.24) is 9.47 Å². The summed E-state index contributed by atoms with van der Waals surface area (Å²) in [5, 5.41) is 5.21. The van der Waals surface area contributed by atoms with Crippen molar-refractivity contribution in [2.24, 2.45) is 0 Å². The smallest absolute Gasteiger partial charge is 0.0639 e. The van der Waals surface area contributed by atoms with Gasteiger partial charge >= 0.3 is 0 Å². The molecule has 3 heterocycles. The maximum absolute atomic E-state index is 3.80. The molecule has 1 aromatic carbocycles. The fourth-order valence-electron chi connectivity index (χ4n) is 3.51. The molecule has 2 aliphatic heterocycles. The molecule has 21 heavy (non-hydrogen) atoms. The van der Waals surface area contributed by atoms with E-state index in [0.717, 1.165) is 6.54 Å². The number of benzene rings is 1. The molecule has 0 saturated carbocycles. The van der Waals surface area contributed by atoms with Gasteiger partial charge in [0.05, 0.1) is 5.52 Å². The molecule has 2 aliphatic rings. The molecular formula is C17H23N3S. The van der Waals surface area contributed by atoms with Crippen LogP contribution in [0, 0.1) is 0 Å². The first-order valence-electron chi connectivity index (χ1n) is 8.01. The predicted molar refractivity (Wildman–Crippen MR) is 91.4 cm³/mol. The van der Waals surface area contributed by atoms with Crippen molar-refractivity contribution in [3.05, 3.63) is 24.4 Å². The SMILES string of the molecule is CN1CCC(Nc2ccc3c4c2ccn4CCCS3)CC1. The lowest BCUT2D eigenvalue weighted by Gasteiger charge is -2.30. The number of likely N-dealkylation sites (tertiary alicyclic amines) is 1. The van der Waals surface area contributed by atoms with Gasteiger partial charge in [-0.3, -0.25) is 0 Å². The summed E-state index contributed by atoms with van der Waals surface area (Å²) in [6.07, 6.45) is 6.02. The Morgan fingerprint density at radius 1 is 1.14 bits per heavy atom. The normalized spacial score (nSPS) is 20.6. The number of anilines is 1. The van der Waals surface area contributed by atoms with Gasteiger partial charge in [-0.05, 0) is 63.4 Å². The highest BCUT2D eigenvalue weighted by atomic mass is 32.2. The van der Waals surface area contributed by atoms with Crippen LogP contribution in [0.3, 0.4) is 0 Å². The Balaban J connectivity index is 1.65. The highest BCUT2D eigenvalue weighted by Crippen LogP contribution is 2.36. The number of aromatic nitrogens is 1. The van der Waals surface area contributed by atoms with E-state index in [9.17, 15) is 0 Å². The average Bonchev–Trinajstić information content (AvgIpc) is 2.81. The van der Waals surface area contributed by atoms with E-state index in [1.165, 1.54) is 59.6 Å². The molecule has 0 amide bonds. The maximum Gasteiger partial charge on any atom is 0.0639 e. The van der Waals surface area contributed by atoms with Gasteiger partial charge in [0.2, 0.25) is 0 Å². The Bertz CT molecular complexity index is 641. The monoisotopic (exact) mass is 301 g/mol. The van der Waals surface area contributed by atoms with Crippen molar-refractivity contribution in [3.8, 4) is 0 Å². The number of aryl methyl sites for hydroxylation is 1. The first kappa shape index (κ1) is 13.5. The number of hydrogen-bond donors (Lipinski definition) is 1. The molecule has 2 aromatic rings. The van der Waals surface area contributed by atoms with E-state index < -0.39 is 0 Å². The van der Waals surface area contributed by atoms with E-state index in [0.29, 0.717) is 6.04 Å². The predicted octanol–water partition coefficient (Wildman–Crippen LogP) is 3.64. The largest absolute Gasteiger partial charge is 0.382 e. The van der Waals surface area contributed by atoms with Crippen molar-refractivity contribution < 1.29 is 0 Å². The molecule has 1 N–H and O–H groups in total. The lowest BCUT2D eigenvalue weighted by atomic mass is 10.0.